The summed E-state index contributed by atoms with van der Waals surface area (Å²) in [6, 6.07) is 6.79. The lowest BCUT2D eigenvalue weighted by atomic mass is 9.53. The molecule has 0 radical (unpaired) electrons. The van der Waals surface area contributed by atoms with Gasteiger partial charge in [-0.2, -0.15) is 0 Å². The highest BCUT2D eigenvalue weighted by Gasteiger charge is 2.51. The molecule has 5 aliphatic carbocycles. The van der Waals surface area contributed by atoms with Crippen molar-refractivity contribution < 1.29 is 19.4 Å². The molecule has 30 heavy (non-hydrogen) atoms. The average molecular weight is 413 g/mol. The van der Waals surface area contributed by atoms with Crippen LogP contribution in [0, 0.1) is 17.8 Å². The van der Waals surface area contributed by atoms with Gasteiger partial charge in [-0.1, -0.05) is 0 Å². The number of hydrogen-bond acceptors (Lipinski definition) is 3. The predicted molar refractivity (Wildman–Crippen MR) is 113 cm³/mol. The van der Waals surface area contributed by atoms with Crippen LogP contribution >= 0.6 is 0 Å². The van der Waals surface area contributed by atoms with E-state index in [4.69, 9.17) is 9.84 Å². The van der Waals surface area contributed by atoms with Crippen LogP contribution < -0.4 is 15.4 Å². The van der Waals surface area contributed by atoms with Gasteiger partial charge >= 0.3 is 12.0 Å². The van der Waals surface area contributed by atoms with E-state index in [0.29, 0.717) is 5.75 Å². The number of amides is 2. The van der Waals surface area contributed by atoms with E-state index in [1.165, 1.54) is 38.5 Å². The first-order valence-corrected chi connectivity index (χ1v) is 11.5. The van der Waals surface area contributed by atoms with E-state index >= 15 is 0 Å². The molecule has 5 fully saturated rings. The van der Waals surface area contributed by atoms with E-state index in [2.05, 4.69) is 10.6 Å². The molecule has 162 valence electrons. The molecule has 0 aromatic heterocycles. The molecule has 1 aromatic rings. The summed E-state index contributed by atoms with van der Waals surface area (Å²) < 4.78 is 6.01. The number of carboxylic acids is 1. The zero-order valence-electron chi connectivity index (χ0n) is 17.4. The number of carbonyl (C=O) groups is 2. The molecule has 1 aromatic carbocycles. The third-order valence-electron chi connectivity index (χ3n) is 7.83. The summed E-state index contributed by atoms with van der Waals surface area (Å²) in [5.74, 6) is 2.26. The first kappa shape index (κ1) is 19.7. The van der Waals surface area contributed by atoms with Crippen LogP contribution in [0.5, 0.6) is 5.75 Å². The fraction of sp³-hybridized carbons (Fsp3) is 0.667. The van der Waals surface area contributed by atoms with E-state index in [1.807, 2.05) is 0 Å². The molecule has 6 heteroatoms. The van der Waals surface area contributed by atoms with Gasteiger partial charge in [-0.3, -0.25) is 0 Å². The number of hydrogen-bond donors (Lipinski definition) is 3. The van der Waals surface area contributed by atoms with Crippen LogP contribution in [-0.4, -0.2) is 34.8 Å². The first-order valence-electron chi connectivity index (χ1n) is 11.5. The molecule has 0 unspecified atom stereocenters. The first-order chi connectivity index (χ1) is 14.5. The van der Waals surface area contributed by atoms with Gasteiger partial charge in [-0.15, -0.1) is 0 Å². The van der Waals surface area contributed by atoms with Crippen molar-refractivity contribution in [2.45, 2.75) is 81.9 Å². The van der Waals surface area contributed by atoms with Crippen LogP contribution in [-0.2, 0) is 0 Å². The fourth-order valence-electron chi connectivity index (χ4n) is 6.92. The Hall–Kier alpha value is -2.24. The number of carboxylic acid groups (broad SMARTS) is 1. The van der Waals surface area contributed by atoms with Crippen LogP contribution in [0.1, 0.15) is 74.6 Å². The monoisotopic (exact) mass is 412 g/mol. The molecular weight excluding hydrogens is 380 g/mol. The summed E-state index contributed by atoms with van der Waals surface area (Å²) in [4.78, 5) is 23.7. The molecule has 0 saturated heterocycles. The molecular formula is C24H32N2O4. The third-order valence-corrected chi connectivity index (χ3v) is 7.83. The Morgan fingerprint density at radius 2 is 1.47 bits per heavy atom. The van der Waals surface area contributed by atoms with E-state index in [0.717, 1.165) is 43.4 Å². The van der Waals surface area contributed by atoms with Gasteiger partial charge in [-0.25, -0.2) is 9.59 Å². The molecule has 0 spiro atoms. The maximum atomic E-state index is 12.8. The van der Waals surface area contributed by atoms with Gasteiger partial charge in [0.1, 0.15) is 5.75 Å². The van der Waals surface area contributed by atoms with Gasteiger partial charge in [0.25, 0.3) is 0 Å². The van der Waals surface area contributed by atoms with Crippen LogP contribution in [0.4, 0.5) is 4.79 Å². The maximum absolute atomic E-state index is 12.8. The SMILES string of the molecule is O=C(NC1CCC(Oc2ccc(C(=O)O)cc2)CC1)NC12CC3C[C@H](C1)C[C@H](C3)C2. The number of benzene rings is 1. The van der Waals surface area contributed by atoms with Gasteiger partial charge in [0.05, 0.1) is 11.7 Å². The van der Waals surface area contributed by atoms with E-state index in [1.54, 1.807) is 24.3 Å². The number of urea groups is 1. The highest BCUT2D eigenvalue weighted by atomic mass is 16.5. The lowest BCUT2D eigenvalue weighted by Gasteiger charge is -2.56. The number of aromatic carboxylic acids is 1. The van der Waals surface area contributed by atoms with E-state index in [9.17, 15) is 9.59 Å². The molecule has 5 saturated carbocycles. The average Bonchev–Trinajstić information content (AvgIpc) is 2.68. The third kappa shape index (κ3) is 4.14. The van der Waals surface area contributed by atoms with Gasteiger partial charge < -0.3 is 20.5 Å². The maximum Gasteiger partial charge on any atom is 0.335 e. The number of ether oxygens (including phenoxy) is 1. The van der Waals surface area contributed by atoms with Crippen LogP contribution in [0.15, 0.2) is 24.3 Å². The van der Waals surface area contributed by atoms with E-state index < -0.39 is 5.97 Å². The highest BCUT2D eigenvalue weighted by molar-refractivity contribution is 5.87. The molecule has 0 heterocycles. The normalized spacial score (nSPS) is 36.9. The Balaban J connectivity index is 1.08. The highest BCUT2D eigenvalue weighted by Crippen LogP contribution is 2.55. The van der Waals surface area contributed by atoms with Gasteiger partial charge in [0.15, 0.2) is 0 Å². The zero-order chi connectivity index (χ0) is 20.7. The van der Waals surface area contributed by atoms with Crippen LogP contribution in [0.2, 0.25) is 0 Å². The number of nitrogens with one attached hydrogen (secondary N) is 2. The van der Waals surface area contributed by atoms with Crippen molar-refractivity contribution in [3.63, 3.8) is 0 Å². The summed E-state index contributed by atoms with van der Waals surface area (Å²) in [5, 5.41) is 15.6. The molecule has 6 nitrogen and oxygen atoms in total. The second kappa shape index (κ2) is 7.78. The Morgan fingerprint density at radius 1 is 0.900 bits per heavy atom. The van der Waals surface area contributed by atoms with Crippen molar-refractivity contribution in [3.05, 3.63) is 29.8 Å². The minimum absolute atomic E-state index is 0.0191. The van der Waals surface area contributed by atoms with Crippen LogP contribution in [0.25, 0.3) is 0 Å². The summed E-state index contributed by atoms with van der Waals surface area (Å²) in [5.41, 5.74) is 0.321. The minimum atomic E-state index is -0.931. The van der Waals surface area contributed by atoms with Crippen LogP contribution in [0.3, 0.4) is 0 Å². The second-order valence-corrected chi connectivity index (χ2v) is 10.2. The topological polar surface area (TPSA) is 87.7 Å². The summed E-state index contributed by atoms with van der Waals surface area (Å²) in [6.07, 6.45) is 11.4. The van der Waals surface area contributed by atoms with Crippen molar-refractivity contribution in [1.82, 2.24) is 10.6 Å². The quantitative estimate of drug-likeness (QED) is 0.671. The largest absolute Gasteiger partial charge is 0.490 e. The Bertz CT molecular complexity index is 763. The minimum Gasteiger partial charge on any atom is -0.490 e. The molecule has 3 N–H and O–H groups in total. The lowest BCUT2D eigenvalue weighted by molar-refractivity contribution is -0.0138. The van der Waals surface area contributed by atoms with Gasteiger partial charge in [0.2, 0.25) is 0 Å². The summed E-state index contributed by atoms with van der Waals surface area (Å²) in [7, 11) is 0. The molecule has 4 bridgehead atoms. The fourth-order valence-corrected chi connectivity index (χ4v) is 6.92. The molecule has 0 aliphatic heterocycles. The van der Waals surface area contributed by atoms with Crippen molar-refractivity contribution in [2.24, 2.45) is 17.8 Å². The van der Waals surface area contributed by atoms with Gasteiger partial charge in [-0.05, 0) is 106 Å². The molecule has 0 atom stereocenters. The van der Waals surface area contributed by atoms with Crippen molar-refractivity contribution >= 4 is 12.0 Å². The van der Waals surface area contributed by atoms with Crippen molar-refractivity contribution in [3.8, 4) is 5.75 Å². The second-order valence-electron chi connectivity index (χ2n) is 10.2. The van der Waals surface area contributed by atoms with Crippen molar-refractivity contribution in [1.29, 1.82) is 0 Å². The number of carbonyl (C=O) groups excluding carboxylic acids is 1. The van der Waals surface area contributed by atoms with Gasteiger partial charge in [0, 0.05) is 11.6 Å². The smallest absolute Gasteiger partial charge is 0.335 e. The van der Waals surface area contributed by atoms with Crippen molar-refractivity contribution in [2.75, 3.05) is 0 Å². The Labute approximate surface area is 177 Å². The standard InChI is InChI=1S/C24H32N2O4/c27-22(28)18-1-5-20(6-2-18)30-21-7-3-19(4-8-21)25-23(29)26-24-12-15-9-16(13-24)11-17(10-15)14-24/h1-2,5-6,15-17,19,21H,3-4,7-14H2,(H,27,28)(H2,25,26,29)/t15-,16-,17?,19?,21?,24?/m1/s1. The number of rotatable bonds is 5. The Morgan fingerprint density at radius 3 is 2.00 bits per heavy atom. The zero-order valence-corrected chi connectivity index (χ0v) is 17.4. The Kier molecular flexibility index (Phi) is 5.11. The molecule has 5 aliphatic rings. The molecule has 2 amide bonds. The lowest BCUT2D eigenvalue weighted by Crippen LogP contribution is -2.62. The predicted octanol–water partition coefficient (Wildman–Crippen LogP) is 4.34. The van der Waals surface area contributed by atoms with E-state index in [-0.39, 0.29) is 29.3 Å². The summed E-state index contributed by atoms with van der Waals surface area (Å²) in [6.45, 7) is 0. The molecule has 6 rings (SSSR count). The summed E-state index contributed by atoms with van der Waals surface area (Å²) >= 11 is 0.